The number of hydrogen-bond acceptors (Lipinski definition) is 3. The van der Waals surface area contributed by atoms with Crippen LogP contribution in [0.4, 0.5) is 0 Å². The summed E-state index contributed by atoms with van der Waals surface area (Å²) in [6.07, 6.45) is 2.00. The molecular formula is C13H22N2O3. The zero-order valence-electron chi connectivity index (χ0n) is 11.1. The Morgan fingerprint density at radius 1 is 1.44 bits per heavy atom. The van der Waals surface area contributed by atoms with Crippen LogP contribution in [0.1, 0.15) is 26.7 Å². The lowest BCUT2D eigenvalue weighted by Crippen LogP contribution is -2.60. The fourth-order valence-electron chi connectivity index (χ4n) is 2.72. The maximum Gasteiger partial charge on any atom is 0.243 e. The van der Waals surface area contributed by atoms with E-state index in [1.807, 2.05) is 13.8 Å². The van der Waals surface area contributed by atoms with Crippen LogP contribution in [0, 0.1) is 11.8 Å². The van der Waals surface area contributed by atoms with E-state index in [1.165, 1.54) is 0 Å². The van der Waals surface area contributed by atoms with E-state index in [0.717, 1.165) is 26.1 Å². The number of amides is 2. The van der Waals surface area contributed by atoms with Crippen molar-refractivity contribution < 1.29 is 14.3 Å². The van der Waals surface area contributed by atoms with E-state index >= 15 is 0 Å². The smallest absolute Gasteiger partial charge is 0.243 e. The van der Waals surface area contributed by atoms with Gasteiger partial charge in [-0.15, -0.1) is 0 Å². The van der Waals surface area contributed by atoms with Gasteiger partial charge in [-0.3, -0.25) is 9.59 Å². The second-order valence-corrected chi connectivity index (χ2v) is 5.51. The van der Waals surface area contributed by atoms with E-state index < -0.39 is 0 Å². The molecule has 2 aliphatic heterocycles. The van der Waals surface area contributed by atoms with Crippen LogP contribution in [0.3, 0.4) is 0 Å². The SMILES string of the molecule is CC(C)C1C(=O)NCC(=O)N1CCC1CCOC1. The number of rotatable bonds is 4. The Morgan fingerprint density at radius 3 is 2.83 bits per heavy atom. The molecule has 102 valence electrons. The molecule has 0 saturated carbocycles. The summed E-state index contributed by atoms with van der Waals surface area (Å²) in [5, 5.41) is 2.67. The summed E-state index contributed by atoms with van der Waals surface area (Å²) in [5.41, 5.74) is 0. The zero-order valence-corrected chi connectivity index (χ0v) is 11.1. The molecule has 2 saturated heterocycles. The molecule has 0 radical (unpaired) electrons. The van der Waals surface area contributed by atoms with E-state index in [1.54, 1.807) is 4.90 Å². The van der Waals surface area contributed by atoms with Gasteiger partial charge >= 0.3 is 0 Å². The van der Waals surface area contributed by atoms with Crippen LogP contribution in [0.25, 0.3) is 0 Å². The molecule has 5 nitrogen and oxygen atoms in total. The van der Waals surface area contributed by atoms with Crippen molar-refractivity contribution in [2.45, 2.75) is 32.7 Å². The maximum absolute atomic E-state index is 11.9. The molecule has 0 aromatic carbocycles. The minimum absolute atomic E-state index is 0.0210. The quantitative estimate of drug-likeness (QED) is 0.790. The average Bonchev–Trinajstić information content (AvgIpc) is 2.82. The third-order valence-electron chi connectivity index (χ3n) is 3.77. The van der Waals surface area contributed by atoms with Gasteiger partial charge in [-0.1, -0.05) is 13.8 Å². The molecule has 2 unspecified atom stereocenters. The monoisotopic (exact) mass is 254 g/mol. The summed E-state index contributed by atoms with van der Waals surface area (Å²) >= 11 is 0. The Bertz CT molecular complexity index is 324. The molecule has 2 rings (SSSR count). The van der Waals surface area contributed by atoms with E-state index in [2.05, 4.69) is 5.32 Å². The van der Waals surface area contributed by atoms with Gasteiger partial charge in [0.15, 0.2) is 0 Å². The number of nitrogens with one attached hydrogen (secondary N) is 1. The highest BCUT2D eigenvalue weighted by Crippen LogP contribution is 2.20. The van der Waals surface area contributed by atoms with Crippen LogP contribution in [-0.4, -0.2) is 49.1 Å². The molecule has 0 aromatic heterocycles. The minimum Gasteiger partial charge on any atom is -0.381 e. The fourth-order valence-corrected chi connectivity index (χ4v) is 2.72. The van der Waals surface area contributed by atoms with Gasteiger partial charge < -0.3 is 15.0 Å². The summed E-state index contributed by atoms with van der Waals surface area (Å²) in [5.74, 6) is 0.698. The van der Waals surface area contributed by atoms with Crippen molar-refractivity contribution in [2.75, 3.05) is 26.3 Å². The van der Waals surface area contributed by atoms with Crippen LogP contribution < -0.4 is 5.32 Å². The molecule has 5 heteroatoms. The molecule has 1 N–H and O–H groups in total. The summed E-state index contributed by atoms with van der Waals surface area (Å²) in [7, 11) is 0. The van der Waals surface area contributed by atoms with E-state index in [4.69, 9.17) is 4.74 Å². The Balaban J connectivity index is 1.96. The molecule has 2 atom stereocenters. The first kappa shape index (κ1) is 13.3. The Labute approximate surface area is 108 Å². The molecule has 0 aromatic rings. The predicted octanol–water partition coefficient (Wildman–Crippen LogP) is 0.396. The highest BCUT2D eigenvalue weighted by molar-refractivity contribution is 5.94. The van der Waals surface area contributed by atoms with E-state index in [0.29, 0.717) is 12.5 Å². The maximum atomic E-state index is 11.9. The van der Waals surface area contributed by atoms with Crippen molar-refractivity contribution in [3.05, 3.63) is 0 Å². The standard InChI is InChI=1S/C13H22N2O3/c1-9(2)12-13(17)14-7-11(16)15(12)5-3-10-4-6-18-8-10/h9-10,12H,3-8H2,1-2H3,(H,14,17). The molecule has 18 heavy (non-hydrogen) atoms. The first-order valence-electron chi connectivity index (χ1n) is 6.74. The summed E-state index contributed by atoms with van der Waals surface area (Å²) in [4.78, 5) is 25.5. The number of hydrogen-bond donors (Lipinski definition) is 1. The van der Waals surface area contributed by atoms with Gasteiger partial charge in [0, 0.05) is 19.8 Å². The van der Waals surface area contributed by atoms with Crippen LogP contribution in [0.15, 0.2) is 0 Å². The van der Waals surface area contributed by atoms with Crippen molar-refractivity contribution in [1.82, 2.24) is 10.2 Å². The summed E-state index contributed by atoms with van der Waals surface area (Å²) < 4.78 is 5.34. The van der Waals surface area contributed by atoms with E-state index in [-0.39, 0.29) is 30.3 Å². The second-order valence-electron chi connectivity index (χ2n) is 5.51. The van der Waals surface area contributed by atoms with Gasteiger partial charge in [0.05, 0.1) is 6.54 Å². The summed E-state index contributed by atoms with van der Waals surface area (Å²) in [6.45, 7) is 6.39. The molecule has 2 heterocycles. The van der Waals surface area contributed by atoms with Crippen LogP contribution in [-0.2, 0) is 14.3 Å². The predicted molar refractivity (Wildman–Crippen MR) is 66.9 cm³/mol. The lowest BCUT2D eigenvalue weighted by atomic mass is 9.97. The number of ether oxygens (including phenoxy) is 1. The van der Waals surface area contributed by atoms with Crippen LogP contribution in [0.5, 0.6) is 0 Å². The molecule has 2 aliphatic rings. The molecular weight excluding hydrogens is 232 g/mol. The highest BCUT2D eigenvalue weighted by Gasteiger charge is 2.36. The average molecular weight is 254 g/mol. The third-order valence-corrected chi connectivity index (χ3v) is 3.77. The van der Waals surface area contributed by atoms with E-state index in [9.17, 15) is 9.59 Å². The second kappa shape index (κ2) is 5.69. The Hall–Kier alpha value is -1.10. The molecule has 2 amide bonds. The van der Waals surface area contributed by atoms with Gasteiger partial charge in [0.1, 0.15) is 6.04 Å². The van der Waals surface area contributed by atoms with Gasteiger partial charge in [0.25, 0.3) is 0 Å². The van der Waals surface area contributed by atoms with Gasteiger partial charge in [-0.25, -0.2) is 0 Å². The highest BCUT2D eigenvalue weighted by atomic mass is 16.5. The molecule has 0 bridgehead atoms. The topological polar surface area (TPSA) is 58.6 Å². The largest absolute Gasteiger partial charge is 0.381 e. The molecule has 0 aliphatic carbocycles. The van der Waals surface area contributed by atoms with Gasteiger partial charge in [0.2, 0.25) is 11.8 Å². The molecule has 0 spiro atoms. The van der Waals surface area contributed by atoms with Gasteiger partial charge in [-0.05, 0) is 24.7 Å². The molecule has 2 fully saturated rings. The Kier molecular flexibility index (Phi) is 4.22. The lowest BCUT2D eigenvalue weighted by molar-refractivity contribution is -0.147. The zero-order chi connectivity index (χ0) is 13.1. The normalized spacial score (nSPS) is 28.9. The summed E-state index contributed by atoms with van der Waals surface area (Å²) in [6, 6.07) is -0.312. The number of carbonyl (C=O) groups excluding carboxylic acids is 2. The minimum atomic E-state index is -0.312. The van der Waals surface area contributed by atoms with Gasteiger partial charge in [-0.2, -0.15) is 0 Å². The third kappa shape index (κ3) is 2.83. The number of piperazine rings is 1. The van der Waals surface area contributed by atoms with Crippen LogP contribution >= 0.6 is 0 Å². The van der Waals surface area contributed by atoms with Crippen molar-refractivity contribution in [2.24, 2.45) is 11.8 Å². The Morgan fingerprint density at radius 2 is 2.22 bits per heavy atom. The first-order valence-corrected chi connectivity index (χ1v) is 6.74. The first-order chi connectivity index (χ1) is 8.59. The van der Waals surface area contributed by atoms with Crippen molar-refractivity contribution in [1.29, 1.82) is 0 Å². The van der Waals surface area contributed by atoms with Crippen molar-refractivity contribution in [3.63, 3.8) is 0 Å². The lowest BCUT2D eigenvalue weighted by Gasteiger charge is -2.37. The number of carbonyl (C=O) groups is 2. The number of nitrogens with zero attached hydrogens (tertiary/aromatic N) is 1. The van der Waals surface area contributed by atoms with Crippen molar-refractivity contribution in [3.8, 4) is 0 Å². The van der Waals surface area contributed by atoms with Crippen LogP contribution in [0.2, 0.25) is 0 Å². The fraction of sp³-hybridized carbons (Fsp3) is 0.846. The van der Waals surface area contributed by atoms with Crippen molar-refractivity contribution >= 4 is 11.8 Å².